The minimum atomic E-state index is -2.81. The summed E-state index contributed by atoms with van der Waals surface area (Å²) in [6.45, 7) is 5.06. The number of carbonyl (C=O) groups excluding carboxylic acids is 3. The number of piperidine rings is 1. The smallest absolute Gasteiger partial charge is 0.329 e. The molecule has 10 nitrogen and oxygen atoms in total. The van der Waals surface area contributed by atoms with Gasteiger partial charge in [-0.1, -0.05) is 20.8 Å². The monoisotopic (exact) mass is 515 g/mol. The van der Waals surface area contributed by atoms with E-state index in [0.29, 0.717) is 32.1 Å². The second kappa shape index (κ2) is 13.8. The number of hydrogen-bond acceptors (Lipinski definition) is 9. The third-order valence-corrected chi connectivity index (χ3v) is 8.05. The van der Waals surface area contributed by atoms with E-state index >= 15 is 0 Å². The number of carbonyl (C=O) groups is 3. The van der Waals surface area contributed by atoms with Crippen molar-refractivity contribution in [2.24, 2.45) is 17.8 Å². The van der Waals surface area contributed by atoms with Crippen molar-refractivity contribution in [3.05, 3.63) is 0 Å². The molecular weight excluding hydrogens is 470 g/mol. The predicted octanol–water partition coefficient (Wildman–Crippen LogP) is 1.16. The summed E-state index contributed by atoms with van der Waals surface area (Å²) in [5.74, 6) is -6.55. The third kappa shape index (κ3) is 7.47. The molecule has 0 spiro atoms. The van der Waals surface area contributed by atoms with Crippen LogP contribution in [0, 0.1) is 17.8 Å². The summed E-state index contributed by atoms with van der Waals surface area (Å²) in [6, 6.07) is -1.00. The molecule has 10 heteroatoms. The molecule has 1 saturated carbocycles. The summed E-state index contributed by atoms with van der Waals surface area (Å²) < 4.78 is 11.2. The number of Topliss-reactive ketones (excluding diaryl/α,β-unsaturated/α-hetero) is 1. The number of nitrogens with zero attached hydrogens (tertiary/aromatic N) is 1. The standard InChI is InChI=1S/C26H45NO9/c1-5-17(3)26(33,34)23(30)24(31)27-12-7-6-8-19(27)25(32)36-21(11-13-28)16(2)14-18-9-10-20(29)22(15-18)35-4/h16-22,28-29,33-34H,5-15H2,1-4H3/t16-,17-,18+,19+,20-,21+,22-/m1/s1. The van der Waals surface area contributed by atoms with E-state index in [1.807, 2.05) is 6.92 Å². The molecule has 4 N–H and O–H groups in total. The van der Waals surface area contributed by atoms with Crippen LogP contribution in [0.5, 0.6) is 0 Å². The Hall–Kier alpha value is -1.59. The fraction of sp³-hybridized carbons (Fsp3) is 0.885. The van der Waals surface area contributed by atoms with Gasteiger partial charge in [0.1, 0.15) is 12.1 Å². The van der Waals surface area contributed by atoms with Crippen molar-refractivity contribution in [2.75, 3.05) is 20.3 Å². The summed E-state index contributed by atoms with van der Waals surface area (Å²) in [6.07, 6.45) is 3.68. The molecule has 208 valence electrons. The van der Waals surface area contributed by atoms with Gasteiger partial charge in [-0.3, -0.25) is 9.59 Å². The average Bonchev–Trinajstić information content (AvgIpc) is 2.87. The molecule has 0 aromatic heterocycles. The van der Waals surface area contributed by atoms with Crippen LogP contribution in [-0.2, 0) is 23.9 Å². The van der Waals surface area contributed by atoms with Crippen LogP contribution in [0.4, 0.5) is 0 Å². The summed E-state index contributed by atoms with van der Waals surface area (Å²) in [4.78, 5) is 39.9. The van der Waals surface area contributed by atoms with Crippen LogP contribution in [0.25, 0.3) is 0 Å². The lowest BCUT2D eigenvalue weighted by molar-refractivity contribution is -0.205. The van der Waals surface area contributed by atoms with Crippen LogP contribution in [0.2, 0.25) is 0 Å². The molecule has 36 heavy (non-hydrogen) atoms. The van der Waals surface area contributed by atoms with Crippen molar-refractivity contribution in [3.8, 4) is 0 Å². The molecule has 0 bridgehead atoms. The average molecular weight is 516 g/mol. The highest BCUT2D eigenvalue weighted by Crippen LogP contribution is 2.33. The lowest BCUT2D eigenvalue weighted by atomic mass is 9.79. The number of methoxy groups -OCH3 is 1. The molecule has 1 aliphatic carbocycles. The highest BCUT2D eigenvalue weighted by molar-refractivity contribution is 6.39. The first-order valence-corrected chi connectivity index (χ1v) is 13.3. The van der Waals surface area contributed by atoms with Gasteiger partial charge in [0.05, 0.1) is 12.2 Å². The zero-order valence-corrected chi connectivity index (χ0v) is 22.1. The molecule has 2 aliphatic rings. The highest BCUT2D eigenvalue weighted by atomic mass is 16.5. The number of amides is 1. The van der Waals surface area contributed by atoms with Gasteiger partial charge in [0.15, 0.2) is 0 Å². The number of aliphatic hydroxyl groups is 4. The molecule has 2 rings (SSSR count). The maximum Gasteiger partial charge on any atom is 0.329 e. The Morgan fingerprint density at radius 2 is 1.81 bits per heavy atom. The van der Waals surface area contributed by atoms with E-state index < -0.39 is 47.6 Å². The Balaban J connectivity index is 2.08. The maximum absolute atomic E-state index is 13.2. The quantitative estimate of drug-likeness (QED) is 0.170. The van der Waals surface area contributed by atoms with E-state index in [2.05, 4.69) is 0 Å². The van der Waals surface area contributed by atoms with E-state index in [-0.39, 0.29) is 43.9 Å². The number of ether oxygens (including phenoxy) is 2. The second-order valence-corrected chi connectivity index (χ2v) is 10.6. The summed E-state index contributed by atoms with van der Waals surface area (Å²) in [5, 5.41) is 40.2. The fourth-order valence-corrected chi connectivity index (χ4v) is 5.37. The van der Waals surface area contributed by atoms with Crippen LogP contribution in [-0.4, -0.2) is 93.4 Å². The van der Waals surface area contributed by atoms with Crippen molar-refractivity contribution in [1.82, 2.24) is 4.90 Å². The number of aliphatic hydroxyl groups excluding tert-OH is 2. The van der Waals surface area contributed by atoms with Gasteiger partial charge >= 0.3 is 5.97 Å². The summed E-state index contributed by atoms with van der Waals surface area (Å²) in [5.41, 5.74) is 0. The minimum absolute atomic E-state index is 0.0823. The van der Waals surface area contributed by atoms with Crippen LogP contribution >= 0.6 is 0 Å². The third-order valence-electron chi connectivity index (χ3n) is 8.05. The van der Waals surface area contributed by atoms with Crippen molar-refractivity contribution in [3.63, 3.8) is 0 Å². The van der Waals surface area contributed by atoms with E-state index in [1.54, 1.807) is 14.0 Å². The van der Waals surface area contributed by atoms with Gasteiger partial charge in [-0.25, -0.2) is 4.79 Å². The molecule has 0 aromatic rings. The van der Waals surface area contributed by atoms with Gasteiger partial charge in [0.2, 0.25) is 5.79 Å². The zero-order chi connectivity index (χ0) is 27.0. The summed E-state index contributed by atoms with van der Waals surface area (Å²) in [7, 11) is 1.58. The number of likely N-dealkylation sites (tertiary alicyclic amines) is 1. The van der Waals surface area contributed by atoms with E-state index in [1.165, 1.54) is 6.92 Å². The lowest BCUT2D eigenvalue weighted by Gasteiger charge is -2.37. The van der Waals surface area contributed by atoms with Gasteiger partial charge in [0.25, 0.3) is 11.7 Å². The highest BCUT2D eigenvalue weighted by Gasteiger charge is 2.47. The predicted molar refractivity (Wildman–Crippen MR) is 130 cm³/mol. The number of rotatable bonds is 12. The normalized spacial score (nSPS) is 27.7. The fourth-order valence-electron chi connectivity index (χ4n) is 5.37. The maximum atomic E-state index is 13.2. The molecule has 0 aromatic carbocycles. The zero-order valence-electron chi connectivity index (χ0n) is 22.1. The first-order valence-electron chi connectivity index (χ1n) is 13.3. The van der Waals surface area contributed by atoms with Gasteiger partial charge in [-0.15, -0.1) is 0 Å². The van der Waals surface area contributed by atoms with Gasteiger partial charge in [0, 0.05) is 32.6 Å². The minimum Gasteiger partial charge on any atom is -0.460 e. The molecule has 2 fully saturated rings. The first-order chi connectivity index (χ1) is 17.0. The largest absolute Gasteiger partial charge is 0.460 e. The molecule has 0 radical (unpaired) electrons. The lowest BCUT2D eigenvalue weighted by Crippen LogP contribution is -2.57. The molecule has 0 unspecified atom stereocenters. The van der Waals surface area contributed by atoms with Crippen LogP contribution in [0.15, 0.2) is 0 Å². The van der Waals surface area contributed by atoms with E-state index in [4.69, 9.17) is 9.47 Å². The van der Waals surface area contributed by atoms with Crippen molar-refractivity contribution in [2.45, 2.75) is 109 Å². The van der Waals surface area contributed by atoms with Crippen LogP contribution < -0.4 is 0 Å². The Bertz CT molecular complexity index is 743. The summed E-state index contributed by atoms with van der Waals surface area (Å²) >= 11 is 0. The molecule has 1 aliphatic heterocycles. The molecule has 1 amide bonds. The SMILES string of the molecule is CC[C@@H](C)C(O)(O)C(=O)C(=O)N1CCCC[C@H]1C(=O)O[C@@H](CCO)[C@H](C)C[C@@H]1CC[C@@H](O)[C@H](OC)C1. The van der Waals surface area contributed by atoms with Gasteiger partial charge < -0.3 is 34.8 Å². The van der Waals surface area contributed by atoms with Crippen molar-refractivity contribution in [1.29, 1.82) is 0 Å². The van der Waals surface area contributed by atoms with E-state index in [0.717, 1.165) is 17.7 Å². The molecule has 1 saturated heterocycles. The van der Waals surface area contributed by atoms with E-state index in [9.17, 15) is 34.8 Å². The first kappa shape index (κ1) is 30.6. The van der Waals surface area contributed by atoms with Gasteiger partial charge in [-0.05, 0) is 63.2 Å². The van der Waals surface area contributed by atoms with Crippen molar-refractivity contribution >= 4 is 17.7 Å². The topological polar surface area (TPSA) is 154 Å². The second-order valence-electron chi connectivity index (χ2n) is 10.6. The Morgan fingerprint density at radius 1 is 1.11 bits per heavy atom. The number of ketones is 1. The molecular formula is C26H45NO9. The number of esters is 1. The van der Waals surface area contributed by atoms with Crippen molar-refractivity contribution < 1.29 is 44.3 Å². The number of hydrogen-bond donors (Lipinski definition) is 4. The Morgan fingerprint density at radius 3 is 2.42 bits per heavy atom. The molecule has 1 heterocycles. The Kier molecular flexibility index (Phi) is 11.8. The van der Waals surface area contributed by atoms with Crippen LogP contribution in [0.1, 0.15) is 78.6 Å². The van der Waals surface area contributed by atoms with Crippen LogP contribution in [0.3, 0.4) is 0 Å². The van der Waals surface area contributed by atoms with Gasteiger partial charge in [-0.2, -0.15) is 0 Å². The molecule has 7 atom stereocenters. The Labute approximate surface area is 213 Å².